The molecule has 6 nitrogen and oxygen atoms in total. The van der Waals surface area contributed by atoms with Gasteiger partial charge in [-0.25, -0.2) is 9.31 Å². The van der Waals surface area contributed by atoms with Crippen LogP contribution in [0.15, 0.2) is 30.6 Å². The molecule has 1 aliphatic heterocycles. The van der Waals surface area contributed by atoms with Gasteiger partial charge in [0.25, 0.3) is 5.91 Å². The molecular weight excluding hydrogens is 294 g/mol. The summed E-state index contributed by atoms with van der Waals surface area (Å²) in [6, 6.07) is 4.88. The van der Waals surface area contributed by atoms with Gasteiger partial charge in [-0.05, 0) is 37.3 Å². The number of nitrogens with zero attached hydrogens (tertiary/aromatic N) is 3. The lowest BCUT2D eigenvalue weighted by atomic mass is 9.84. The number of carbonyl (C=O) groups excluding carboxylic acids is 1. The molecule has 0 bridgehead atoms. The van der Waals surface area contributed by atoms with Gasteiger partial charge in [0.1, 0.15) is 6.04 Å². The molecule has 120 valence electrons. The number of pyridine rings is 1. The molecule has 2 aliphatic rings. The topological polar surface area (TPSA) is 74.9 Å². The van der Waals surface area contributed by atoms with Gasteiger partial charge >= 0.3 is 5.97 Å². The SMILES string of the molecule is O=C(O)[C@@H]1C[C@@H]2CCCC[C@@H]2N1C(=O)c1cnn2ccccc12. The van der Waals surface area contributed by atoms with Crippen LogP contribution in [0.2, 0.25) is 0 Å². The number of likely N-dealkylation sites (tertiary alicyclic amines) is 1. The minimum atomic E-state index is -0.899. The second kappa shape index (κ2) is 5.37. The van der Waals surface area contributed by atoms with Gasteiger partial charge in [0.15, 0.2) is 0 Å². The molecule has 3 atom stereocenters. The summed E-state index contributed by atoms with van der Waals surface area (Å²) in [5.74, 6) is -0.784. The van der Waals surface area contributed by atoms with Gasteiger partial charge < -0.3 is 10.0 Å². The molecular formula is C17H19N3O3. The molecule has 3 heterocycles. The van der Waals surface area contributed by atoms with Crippen LogP contribution >= 0.6 is 0 Å². The number of carbonyl (C=O) groups is 2. The maximum atomic E-state index is 13.1. The Bertz CT molecular complexity index is 769. The summed E-state index contributed by atoms with van der Waals surface area (Å²) in [5.41, 5.74) is 1.21. The second-order valence-electron chi connectivity index (χ2n) is 6.50. The molecule has 0 radical (unpaired) electrons. The van der Waals surface area contributed by atoms with Gasteiger partial charge in [0.2, 0.25) is 0 Å². The fraction of sp³-hybridized carbons (Fsp3) is 0.471. The second-order valence-corrected chi connectivity index (χ2v) is 6.50. The number of hydrogen-bond acceptors (Lipinski definition) is 3. The first-order valence-electron chi connectivity index (χ1n) is 8.14. The van der Waals surface area contributed by atoms with Crippen molar-refractivity contribution >= 4 is 17.4 Å². The maximum absolute atomic E-state index is 13.1. The van der Waals surface area contributed by atoms with E-state index >= 15 is 0 Å². The summed E-state index contributed by atoms with van der Waals surface area (Å²) in [4.78, 5) is 26.4. The average molecular weight is 313 g/mol. The first kappa shape index (κ1) is 14.2. The van der Waals surface area contributed by atoms with Crippen molar-refractivity contribution in [2.45, 2.75) is 44.2 Å². The van der Waals surface area contributed by atoms with Gasteiger partial charge in [0, 0.05) is 12.2 Å². The lowest BCUT2D eigenvalue weighted by Gasteiger charge is -2.32. The molecule has 0 unspecified atom stereocenters. The van der Waals surface area contributed by atoms with E-state index in [1.165, 1.54) is 0 Å². The minimum absolute atomic E-state index is 0.0519. The number of hydrogen-bond donors (Lipinski definition) is 1. The predicted molar refractivity (Wildman–Crippen MR) is 83.1 cm³/mol. The van der Waals surface area contributed by atoms with Crippen LogP contribution in [0.3, 0.4) is 0 Å². The monoisotopic (exact) mass is 313 g/mol. The minimum Gasteiger partial charge on any atom is -0.480 e. The standard InChI is InChI=1S/C17H19N3O3/c21-16(12-10-18-19-8-4-3-7-14(12)19)20-13-6-2-1-5-11(13)9-15(20)17(22)23/h3-4,7-8,10-11,13,15H,1-2,5-6,9H2,(H,22,23)/t11-,13-,15-/m0/s1. The van der Waals surface area contributed by atoms with Crippen molar-refractivity contribution in [1.29, 1.82) is 0 Å². The van der Waals surface area contributed by atoms with E-state index in [0.717, 1.165) is 31.2 Å². The molecule has 23 heavy (non-hydrogen) atoms. The zero-order valence-electron chi connectivity index (χ0n) is 12.8. The highest BCUT2D eigenvalue weighted by atomic mass is 16.4. The summed E-state index contributed by atoms with van der Waals surface area (Å²) in [5, 5.41) is 13.8. The summed E-state index contributed by atoms with van der Waals surface area (Å²) in [6.07, 6.45) is 8.02. The molecule has 1 saturated heterocycles. The quantitative estimate of drug-likeness (QED) is 0.922. The molecule has 2 fully saturated rings. The van der Waals surface area contributed by atoms with Crippen LogP contribution < -0.4 is 0 Å². The molecule has 1 aliphatic carbocycles. The lowest BCUT2D eigenvalue weighted by molar-refractivity contribution is -0.141. The molecule has 1 saturated carbocycles. The number of aliphatic carboxylic acids is 1. The van der Waals surface area contributed by atoms with Crippen LogP contribution in [0.5, 0.6) is 0 Å². The summed E-state index contributed by atoms with van der Waals surface area (Å²) in [6.45, 7) is 0. The van der Waals surface area contributed by atoms with Crippen LogP contribution in [0.1, 0.15) is 42.5 Å². The lowest BCUT2D eigenvalue weighted by Crippen LogP contribution is -2.46. The van der Waals surface area contributed by atoms with Gasteiger partial charge in [-0.3, -0.25) is 4.79 Å². The van der Waals surface area contributed by atoms with Crippen LogP contribution in [0.4, 0.5) is 0 Å². The highest BCUT2D eigenvalue weighted by Crippen LogP contribution is 2.40. The fourth-order valence-corrected chi connectivity index (χ4v) is 4.21. The first-order valence-corrected chi connectivity index (χ1v) is 8.14. The predicted octanol–water partition coefficient (Wildman–Crippen LogP) is 2.19. The van der Waals surface area contributed by atoms with Gasteiger partial charge in [-0.2, -0.15) is 5.10 Å². The molecule has 6 heteroatoms. The Morgan fingerprint density at radius 2 is 2.04 bits per heavy atom. The highest BCUT2D eigenvalue weighted by Gasteiger charge is 2.48. The first-order chi connectivity index (χ1) is 11.2. The number of fused-ring (bicyclic) bond motifs is 2. The number of carboxylic acid groups (broad SMARTS) is 1. The van der Waals surface area contributed by atoms with Crippen LogP contribution in [-0.4, -0.2) is 43.6 Å². The molecule has 0 aromatic carbocycles. The van der Waals surface area contributed by atoms with Crippen molar-refractivity contribution in [3.63, 3.8) is 0 Å². The van der Waals surface area contributed by atoms with Gasteiger partial charge in [-0.1, -0.05) is 18.9 Å². The van der Waals surface area contributed by atoms with E-state index in [0.29, 0.717) is 17.9 Å². The van der Waals surface area contributed by atoms with Crippen molar-refractivity contribution in [2.24, 2.45) is 5.92 Å². The molecule has 2 aromatic rings. The summed E-state index contributed by atoms with van der Waals surface area (Å²) >= 11 is 0. The molecule has 2 aromatic heterocycles. The number of carboxylic acids is 1. The molecule has 1 N–H and O–H groups in total. The Balaban J connectivity index is 1.74. The fourth-order valence-electron chi connectivity index (χ4n) is 4.21. The van der Waals surface area contributed by atoms with Gasteiger partial charge in [0.05, 0.1) is 17.3 Å². The van der Waals surface area contributed by atoms with Crippen molar-refractivity contribution in [2.75, 3.05) is 0 Å². The Morgan fingerprint density at radius 1 is 1.22 bits per heavy atom. The van der Waals surface area contributed by atoms with E-state index in [-0.39, 0.29) is 11.9 Å². The van der Waals surface area contributed by atoms with Crippen molar-refractivity contribution in [3.8, 4) is 0 Å². The summed E-state index contributed by atoms with van der Waals surface area (Å²) in [7, 11) is 0. The number of rotatable bonds is 2. The van der Waals surface area contributed by atoms with E-state index in [1.54, 1.807) is 21.8 Å². The Morgan fingerprint density at radius 3 is 2.87 bits per heavy atom. The maximum Gasteiger partial charge on any atom is 0.326 e. The van der Waals surface area contributed by atoms with Crippen LogP contribution in [0, 0.1) is 5.92 Å². The van der Waals surface area contributed by atoms with Crippen molar-refractivity contribution in [1.82, 2.24) is 14.5 Å². The highest BCUT2D eigenvalue weighted by molar-refractivity contribution is 6.02. The van der Waals surface area contributed by atoms with E-state index < -0.39 is 12.0 Å². The van der Waals surface area contributed by atoms with E-state index in [4.69, 9.17) is 0 Å². The van der Waals surface area contributed by atoms with Crippen LogP contribution in [-0.2, 0) is 4.79 Å². The molecule has 1 amide bonds. The number of aromatic nitrogens is 2. The summed E-state index contributed by atoms with van der Waals surface area (Å²) < 4.78 is 1.65. The zero-order chi connectivity index (χ0) is 16.0. The Kier molecular flexibility index (Phi) is 3.32. The Hall–Kier alpha value is -2.37. The van der Waals surface area contributed by atoms with Gasteiger partial charge in [-0.15, -0.1) is 0 Å². The Labute approximate surface area is 133 Å². The van der Waals surface area contributed by atoms with E-state index in [9.17, 15) is 14.7 Å². The third-order valence-corrected chi connectivity index (χ3v) is 5.26. The van der Waals surface area contributed by atoms with Crippen molar-refractivity contribution in [3.05, 3.63) is 36.2 Å². The van der Waals surface area contributed by atoms with Crippen LogP contribution in [0.25, 0.3) is 5.52 Å². The third kappa shape index (κ3) is 2.20. The number of amides is 1. The zero-order valence-corrected chi connectivity index (χ0v) is 12.8. The normalized spacial score (nSPS) is 27.1. The average Bonchev–Trinajstić information content (AvgIpc) is 3.16. The van der Waals surface area contributed by atoms with Crippen molar-refractivity contribution < 1.29 is 14.7 Å². The van der Waals surface area contributed by atoms with E-state index in [1.807, 2.05) is 18.2 Å². The smallest absolute Gasteiger partial charge is 0.326 e. The largest absolute Gasteiger partial charge is 0.480 e. The van der Waals surface area contributed by atoms with E-state index in [2.05, 4.69) is 5.10 Å². The third-order valence-electron chi connectivity index (χ3n) is 5.26. The molecule has 4 rings (SSSR count). The molecule has 0 spiro atoms.